The van der Waals surface area contributed by atoms with E-state index in [1.54, 1.807) is 11.3 Å². The average Bonchev–Trinajstić information content (AvgIpc) is 2.64. The van der Waals surface area contributed by atoms with E-state index in [1.165, 1.54) is 0 Å². The summed E-state index contributed by atoms with van der Waals surface area (Å²) in [5.74, 6) is -0.0643. The van der Waals surface area contributed by atoms with Gasteiger partial charge >= 0.3 is 0 Å². The molecule has 1 unspecified atom stereocenters. The third-order valence-electron chi connectivity index (χ3n) is 2.15. The number of nitrogens with one attached hydrogen (secondary N) is 1. The number of halogens is 1. The number of thiophene rings is 1. The lowest BCUT2D eigenvalue weighted by molar-refractivity contribution is -0.122. The van der Waals surface area contributed by atoms with E-state index in [2.05, 4.69) is 5.32 Å². The molecule has 0 saturated heterocycles. The summed E-state index contributed by atoms with van der Waals surface area (Å²) in [7, 11) is 0. The lowest BCUT2D eigenvalue weighted by atomic mass is 10.0. The second-order valence-corrected chi connectivity index (χ2v) is 5.26. The van der Waals surface area contributed by atoms with Crippen molar-refractivity contribution in [3.63, 3.8) is 0 Å². The molecule has 3 nitrogen and oxygen atoms in total. The van der Waals surface area contributed by atoms with Gasteiger partial charge in [0.1, 0.15) is 0 Å². The Hall–Kier alpha value is -0.580. The lowest BCUT2D eigenvalue weighted by Crippen LogP contribution is -2.46. The van der Waals surface area contributed by atoms with Gasteiger partial charge in [0, 0.05) is 12.1 Å². The second-order valence-electron chi connectivity index (χ2n) is 4.48. The van der Waals surface area contributed by atoms with Crippen LogP contribution in [0.5, 0.6) is 0 Å². The van der Waals surface area contributed by atoms with Gasteiger partial charge in [-0.2, -0.15) is 11.3 Å². The van der Waals surface area contributed by atoms with Crippen LogP contribution in [0.4, 0.5) is 0 Å². The van der Waals surface area contributed by atoms with Crippen molar-refractivity contribution in [2.24, 2.45) is 5.73 Å². The van der Waals surface area contributed by atoms with E-state index >= 15 is 0 Å². The van der Waals surface area contributed by atoms with Gasteiger partial charge in [-0.25, -0.2) is 0 Å². The smallest absolute Gasteiger partial charge is 0.227 e. The fraction of sp³-hybridized carbons (Fsp3) is 0.545. The quantitative estimate of drug-likeness (QED) is 0.873. The molecule has 1 atom stereocenters. The fourth-order valence-electron chi connectivity index (χ4n) is 1.14. The number of rotatable bonds is 4. The number of carbonyl (C=O) groups is 1. The Morgan fingerprint density at radius 2 is 2.25 bits per heavy atom. The first-order valence-electron chi connectivity index (χ1n) is 4.99. The Kier molecular flexibility index (Phi) is 6.00. The molecule has 0 aliphatic rings. The predicted molar refractivity (Wildman–Crippen MR) is 71.3 cm³/mol. The summed E-state index contributed by atoms with van der Waals surface area (Å²) < 4.78 is 0. The van der Waals surface area contributed by atoms with E-state index < -0.39 is 0 Å². The van der Waals surface area contributed by atoms with E-state index in [1.807, 2.05) is 37.6 Å². The topological polar surface area (TPSA) is 55.1 Å². The Bertz CT molecular complexity index is 319. The van der Waals surface area contributed by atoms with Crippen LogP contribution in [0.15, 0.2) is 16.8 Å². The van der Waals surface area contributed by atoms with Gasteiger partial charge in [0.25, 0.3) is 0 Å². The molecule has 5 heteroatoms. The lowest BCUT2D eigenvalue weighted by Gasteiger charge is -2.20. The molecule has 0 aliphatic carbocycles. The Morgan fingerprint density at radius 3 is 2.69 bits per heavy atom. The van der Waals surface area contributed by atoms with Crippen molar-refractivity contribution in [2.45, 2.75) is 32.2 Å². The van der Waals surface area contributed by atoms with Gasteiger partial charge in [-0.3, -0.25) is 4.79 Å². The molecule has 1 amide bonds. The molecule has 0 saturated carbocycles. The molecular formula is C11H19ClN2OS. The summed E-state index contributed by atoms with van der Waals surface area (Å²) in [6.45, 7) is 6.19. The third-order valence-corrected chi connectivity index (χ3v) is 2.86. The van der Waals surface area contributed by atoms with Crippen molar-refractivity contribution in [3.8, 4) is 0 Å². The SMILES string of the molecule is CC(C(=O)NCC(C)(C)N)c1ccsc1.Cl. The highest BCUT2D eigenvalue weighted by molar-refractivity contribution is 7.08. The van der Waals surface area contributed by atoms with Gasteiger partial charge in [-0.1, -0.05) is 0 Å². The highest BCUT2D eigenvalue weighted by Gasteiger charge is 2.18. The molecule has 0 fully saturated rings. The van der Waals surface area contributed by atoms with Crippen LogP contribution in [0.2, 0.25) is 0 Å². The molecule has 1 heterocycles. The van der Waals surface area contributed by atoms with E-state index in [9.17, 15) is 4.79 Å². The first kappa shape index (κ1) is 15.4. The van der Waals surface area contributed by atoms with Gasteiger partial charge in [-0.15, -0.1) is 12.4 Å². The molecule has 1 aromatic rings. The largest absolute Gasteiger partial charge is 0.354 e. The maximum absolute atomic E-state index is 11.7. The molecule has 0 radical (unpaired) electrons. The summed E-state index contributed by atoms with van der Waals surface area (Å²) in [5, 5.41) is 6.83. The molecule has 16 heavy (non-hydrogen) atoms. The van der Waals surface area contributed by atoms with E-state index in [0.29, 0.717) is 6.54 Å². The van der Waals surface area contributed by atoms with E-state index in [4.69, 9.17) is 5.73 Å². The van der Waals surface area contributed by atoms with Crippen molar-refractivity contribution in [3.05, 3.63) is 22.4 Å². The molecule has 92 valence electrons. The summed E-state index contributed by atoms with van der Waals surface area (Å²) in [5.41, 5.74) is 6.50. The van der Waals surface area contributed by atoms with Crippen molar-refractivity contribution < 1.29 is 4.79 Å². The molecule has 0 aromatic carbocycles. The predicted octanol–water partition coefficient (Wildman–Crippen LogP) is 2.13. The minimum absolute atomic E-state index is 0. The van der Waals surface area contributed by atoms with Crippen LogP contribution in [0.25, 0.3) is 0 Å². The van der Waals surface area contributed by atoms with Gasteiger partial charge in [0.2, 0.25) is 5.91 Å². The summed E-state index contributed by atoms with van der Waals surface area (Å²) in [6.07, 6.45) is 0. The Labute approximate surface area is 107 Å². The third kappa shape index (κ3) is 4.96. The zero-order chi connectivity index (χ0) is 11.5. The molecule has 0 aliphatic heterocycles. The first-order chi connectivity index (χ1) is 6.90. The number of hydrogen-bond donors (Lipinski definition) is 2. The zero-order valence-electron chi connectivity index (χ0n) is 9.82. The average molecular weight is 263 g/mol. The standard InChI is InChI=1S/C11H18N2OS.ClH/c1-8(9-4-5-15-6-9)10(14)13-7-11(2,3)12;/h4-6,8H,7,12H2,1-3H3,(H,13,14);1H. The van der Waals surface area contributed by atoms with E-state index in [0.717, 1.165) is 5.56 Å². The van der Waals surface area contributed by atoms with Crippen LogP contribution >= 0.6 is 23.7 Å². The molecule has 1 rings (SSSR count). The minimum atomic E-state index is -0.357. The van der Waals surface area contributed by atoms with Gasteiger partial charge in [0.05, 0.1) is 5.92 Å². The van der Waals surface area contributed by atoms with Crippen molar-refractivity contribution in [1.29, 1.82) is 0 Å². The van der Waals surface area contributed by atoms with Crippen LogP contribution < -0.4 is 11.1 Å². The summed E-state index contributed by atoms with van der Waals surface area (Å²) >= 11 is 1.60. The first-order valence-corrected chi connectivity index (χ1v) is 5.93. The second kappa shape index (κ2) is 6.23. The number of carbonyl (C=O) groups excluding carboxylic acids is 1. The highest BCUT2D eigenvalue weighted by Crippen LogP contribution is 2.18. The monoisotopic (exact) mass is 262 g/mol. The normalized spacial score (nSPS) is 12.8. The van der Waals surface area contributed by atoms with Crippen molar-refractivity contribution in [2.75, 3.05) is 6.54 Å². The highest BCUT2D eigenvalue weighted by atomic mass is 35.5. The summed E-state index contributed by atoms with van der Waals surface area (Å²) in [6, 6.07) is 1.97. The fourth-order valence-corrected chi connectivity index (χ4v) is 1.89. The van der Waals surface area contributed by atoms with Crippen LogP contribution in [0, 0.1) is 0 Å². The summed E-state index contributed by atoms with van der Waals surface area (Å²) in [4.78, 5) is 11.7. The van der Waals surface area contributed by atoms with Crippen LogP contribution in [-0.2, 0) is 4.79 Å². The molecular weight excluding hydrogens is 244 g/mol. The van der Waals surface area contributed by atoms with Crippen molar-refractivity contribution in [1.82, 2.24) is 5.32 Å². The Balaban J connectivity index is 0.00000225. The molecule has 0 bridgehead atoms. The maximum atomic E-state index is 11.7. The van der Waals surface area contributed by atoms with Gasteiger partial charge in [0.15, 0.2) is 0 Å². The van der Waals surface area contributed by atoms with Gasteiger partial charge in [-0.05, 0) is 43.2 Å². The van der Waals surface area contributed by atoms with Crippen LogP contribution in [0.3, 0.4) is 0 Å². The zero-order valence-corrected chi connectivity index (χ0v) is 11.5. The number of hydrogen-bond acceptors (Lipinski definition) is 3. The number of nitrogens with two attached hydrogens (primary N) is 1. The van der Waals surface area contributed by atoms with Crippen molar-refractivity contribution >= 4 is 29.7 Å². The minimum Gasteiger partial charge on any atom is -0.354 e. The van der Waals surface area contributed by atoms with Crippen LogP contribution in [0.1, 0.15) is 32.3 Å². The molecule has 1 aromatic heterocycles. The van der Waals surface area contributed by atoms with Gasteiger partial charge < -0.3 is 11.1 Å². The number of amides is 1. The molecule has 0 spiro atoms. The van der Waals surface area contributed by atoms with Crippen LogP contribution in [-0.4, -0.2) is 18.0 Å². The molecule has 3 N–H and O–H groups in total. The van der Waals surface area contributed by atoms with E-state index in [-0.39, 0.29) is 29.8 Å². The Morgan fingerprint density at radius 1 is 1.62 bits per heavy atom. The maximum Gasteiger partial charge on any atom is 0.227 e.